The Balaban J connectivity index is 3.36. The van der Waals surface area contributed by atoms with Gasteiger partial charge in [-0.15, -0.1) is 0 Å². The van der Waals surface area contributed by atoms with E-state index in [1.807, 2.05) is 45.9 Å². The number of hydrogen-bond donors (Lipinski definition) is 1. The van der Waals surface area contributed by atoms with Gasteiger partial charge in [-0.25, -0.2) is 0 Å². The summed E-state index contributed by atoms with van der Waals surface area (Å²) in [5.41, 5.74) is 4.89. The minimum Gasteiger partial charge on any atom is -0.328 e. The fraction of sp³-hybridized carbons (Fsp3) is 0.200. The van der Waals surface area contributed by atoms with Gasteiger partial charge >= 0.3 is 0 Å². The lowest BCUT2D eigenvalue weighted by Gasteiger charge is -2.15. The fourth-order valence-corrected chi connectivity index (χ4v) is 2.37. The average molecular weight is 309 g/mol. The largest absolute Gasteiger partial charge is 0.328 e. The Kier molecular flexibility index (Phi) is 6.94. The summed E-state index contributed by atoms with van der Waals surface area (Å²) in [7, 11) is 0. The Morgan fingerprint density at radius 2 is 1.87 bits per heavy atom. The predicted octanol–water partition coefficient (Wildman–Crippen LogP) is 4.53. The van der Waals surface area contributed by atoms with E-state index < -0.39 is 0 Å². The van der Waals surface area contributed by atoms with E-state index in [1.54, 1.807) is 24.3 Å². The van der Waals surface area contributed by atoms with Crippen LogP contribution >= 0.6 is 0 Å². The Hall–Kier alpha value is -2.68. The number of nitrogens with one attached hydrogen (secondary N) is 1. The van der Waals surface area contributed by atoms with Crippen LogP contribution in [0.3, 0.4) is 0 Å². The van der Waals surface area contributed by atoms with Crippen LogP contribution in [0.5, 0.6) is 0 Å². The normalized spacial score (nSPS) is 12.3. The van der Waals surface area contributed by atoms with Gasteiger partial charge in [0.2, 0.25) is 6.41 Å². The summed E-state index contributed by atoms with van der Waals surface area (Å²) >= 11 is 0. The molecule has 23 heavy (non-hydrogen) atoms. The highest BCUT2D eigenvalue weighted by molar-refractivity contribution is 6.10. The number of amides is 1. The molecule has 120 valence electrons. The van der Waals surface area contributed by atoms with Gasteiger partial charge < -0.3 is 5.32 Å². The van der Waals surface area contributed by atoms with Gasteiger partial charge in [0, 0.05) is 11.1 Å². The molecule has 0 heterocycles. The van der Waals surface area contributed by atoms with Crippen molar-refractivity contribution in [2.24, 2.45) is 0 Å². The molecule has 0 aliphatic heterocycles. The van der Waals surface area contributed by atoms with Gasteiger partial charge in [0.25, 0.3) is 0 Å². The van der Waals surface area contributed by atoms with Crippen molar-refractivity contribution >= 4 is 23.5 Å². The van der Waals surface area contributed by atoms with E-state index >= 15 is 0 Å². The number of benzene rings is 1. The third-order valence-electron chi connectivity index (χ3n) is 3.54. The highest BCUT2D eigenvalue weighted by Gasteiger charge is 2.12. The summed E-state index contributed by atoms with van der Waals surface area (Å²) in [5.74, 6) is -0.117. The number of ketones is 1. The number of hydrogen-bond acceptors (Lipinski definition) is 2. The Labute approximate surface area is 138 Å². The molecule has 1 aromatic rings. The van der Waals surface area contributed by atoms with Crippen molar-refractivity contribution in [2.75, 3.05) is 5.32 Å². The van der Waals surface area contributed by atoms with Crippen LogP contribution in [0.4, 0.5) is 5.69 Å². The SMILES string of the molecule is C=C/C(=C\C=C/C)C(=O)/C=C(\C)c1c(C)ccc(C)c1NC=O. The second-order valence-electron chi connectivity index (χ2n) is 5.26. The van der Waals surface area contributed by atoms with E-state index in [0.29, 0.717) is 12.0 Å². The van der Waals surface area contributed by atoms with Crippen molar-refractivity contribution in [3.05, 3.63) is 71.4 Å². The zero-order valence-corrected chi connectivity index (χ0v) is 14.1. The topological polar surface area (TPSA) is 46.2 Å². The molecule has 3 nitrogen and oxygen atoms in total. The molecule has 0 aliphatic rings. The van der Waals surface area contributed by atoms with Gasteiger partial charge in [0.05, 0.1) is 5.69 Å². The van der Waals surface area contributed by atoms with Crippen LogP contribution in [0, 0.1) is 13.8 Å². The first-order chi connectivity index (χ1) is 11.0. The van der Waals surface area contributed by atoms with E-state index in [1.165, 1.54) is 0 Å². The zero-order chi connectivity index (χ0) is 17.4. The molecular formula is C20H23NO2. The van der Waals surface area contributed by atoms with E-state index in [-0.39, 0.29) is 5.78 Å². The molecule has 3 heteroatoms. The van der Waals surface area contributed by atoms with Crippen molar-refractivity contribution in [3.8, 4) is 0 Å². The van der Waals surface area contributed by atoms with Crippen LogP contribution in [0.25, 0.3) is 5.57 Å². The van der Waals surface area contributed by atoms with Gasteiger partial charge in [-0.2, -0.15) is 0 Å². The van der Waals surface area contributed by atoms with Crippen LogP contribution in [0.2, 0.25) is 0 Å². The number of aryl methyl sites for hydroxylation is 2. The quantitative estimate of drug-likeness (QED) is 0.457. The molecule has 1 rings (SSSR count). The third-order valence-corrected chi connectivity index (χ3v) is 3.54. The molecule has 0 saturated carbocycles. The minimum atomic E-state index is -0.117. The van der Waals surface area contributed by atoms with Gasteiger partial charge in [0.1, 0.15) is 0 Å². The number of carbonyl (C=O) groups is 2. The Morgan fingerprint density at radius 3 is 2.43 bits per heavy atom. The number of rotatable bonds is 7. The van der Waals surface area contributed by atoms with Crippen LogP contribution in [-0.2, 0) is 9.59 Å². The summed E-state index contributed by atoms with van der Waals surface area (Å²) in [6.07, 6.45) is 9.16. The lowest BCUT2D eigenvalue weighted by atomic mass is 9.95. The van der Waals surface area contributed by atoms with Crippen molar-refractivity contribution in [2.45, 2.75) is 27.7 Å². The van der Waals surface area contributed by atoms with Gasteiger partial charge in [-0.3, -0.25) is 9.59 Å². The maximum absolute atomic E-state index is 12.4. The molecule has 0 aliphatic carbocycles. The third kappa shape index (κ3) is 4.65. The molecule has 0 unspecified atom stereocenters. The highest BCUT2D eigenvalue weighted by atomic mass is 16.1. The number of carbonyl (C=O) groups excluding carboxylic acids is 2. The first kappa shape index (κ1) is 18.4. The smallest absolute Gasteiger partial charge is 0.211 e. The maximum Gasteiger partial charge on any atom is 0.211 e. The van der Waals surface area contributed by atoms with Crippen molar-refractivity contribution in [1.29, 1.82) is 0 Å². The molecule has 1 aromatic carbocycles. The lowest BCUT2D eigenvalue weighted by molar-refractivity contribution is -0.111. The molecule has 1 amide bonds. The monoisotopic (exact) mass is 309 g/mol. The zero-order valence-electron chi connectivity index (χ0n) is 14.1. The van der Waals surface area contributed by atoms with Crippen molar-refractivity contribution in [3.63, 3.8) is 0 Å². The molecule has 0 radical (unpaired) electrons. The maximum atomic E-state index is 12.4. The molecule has 0 aromatic heterocycles. The first-order valence-electron chi connectivity index (χ1n) is 7.45. The second-order valence-corrected chi connectivity index (χ2v) is 5.26. The predicted molar refractivity (Wildman–Crippen MR) is 97.4 cm³/mol. The van der Waals surface area contributed by atoms with Crippen LogP contribution in [0.1, 0.15) is 30.5 Å². The molecule has 0 bridgehead atoms. The number of allylic oxidation sites excluding steroid dienone is 7. The van der Waals surface area contributed by atoms with Crippen LogP contribution in [-0.4, -0.2) is 12.2 Å². The van der Waals surface area contributed by atoms with Crippen LogP contribution in [0.15, 0.2) is 54.7 Å². The summed E-state index contributed by atoms with van der Waals surface area (Å²) in [6.45, 7) is 11.3. The van der Waals surface area contributed by atoms with E-state index in [9.17, 15) is 9.59 Å². The molecule has 0 spiro atoms. The van der Waals surface area contributed by atoms with Gasteiger partial charge in [-0.05, 0) is 50.5 Å². The summed E-state index contributed by atoms with van der Waals surface area (Å²) in [6, 6.07) is 3.92. The summed E-state index contributed by atoms with van der Waals surface area (Å²) in [4.78, 5) is 23.3. The molecule has 0 atom stereocenters. The van der Waals surface area contributed by atoms with Crippen molar-refractivity contribution in [1.82, 2.24) is 0 Å². The molecule has 0 saturated heterocycles. The summed E-state index contributed by atoms with van der Waals surface area (Å²) in [5, 5.41) is 2.74. The average Bonchev–Trinajstić information content (AvgIpc) is 2.51. The lowest BCUT2D eigenvalue weighted by Crippen LogP contribution is -2.04. The molecular weight excluding hydrogens is 286 g/mol. The Morgan fingerprint density at radius 1 is 1.22 bits per heavy atom. The fourth-order valence-electron chi connectivity index (χ4n) is 2.37. The Bertz CT molecular complexity index is 707. The van der Waals surface area contributed by atoms with E-state index in [0.717, 1.165) is 28.0 Å². The second kappa shape index (κ2) is 8.69. The van der Waals surface area contributed by atoms with E-state index in [2.05, 4.69) is 11.9 Å². The van der Waals surface area contributed by atoms with Crippen LogP contribution < -0.4 is 5.32 Å². The standard InChI is InChI=1S/C20H23NO2/c1-6-8-9-17(7-2)18(23)12-16(5)19-14(3)10-11-15(4)20(19)21-13-22/h6-13H,2H2,1,3-5H3,(H,21,22)/b8-6-,16-12+,17-9+. The van der Waals surface area contributed by atoms with Crippen molar-refractivity contribution < 1.29 is 9.59 Å². The van der Waals surface area contributed by atoms with E-state index in [4.69, 9.17) is 0 Å². The van der Waals surface area contributed by atoms with Gasteiger partial charge in [0.15, 0.2) is 5.78 Å². The first-order valence-corrected chi connectivity index (χ1v) is 7.45. The minimum absolute atomic E-state index is 0.117. The molecule has 1 N–H and O–H groups in total. The number of anilines is 1. The molecule has 0 fully saturated rings. The highest BCUT2D eigenvalue weighted by Crippen LogP contribution is 2.30. The summed E-state index contributed by atoms with van der Waals surface area (Å²) < 4.78 is 0. The van der Waals surface area contributed by atoms with Gasteiger partial charge in [-0.1, -0.05) is 43.0 Å².